The molecule has 28 heavy (non-hydrogen) atoms. The minimum absolute atomic E-state index is 0.00972. The molecule has 3 rings (SSSR count). The van der Waals surface area contributed by atoms with E-state index >= 15 is 0 Å². The lowest BCUT2D eigenvalue weighted by Crippen LogP contribution is -2.28. The standard InChI is InChI=1S/C22H26N4OS/c1-4-13-26-21(19-12-8-9-16(2)14-19)24-25-22(26)28-15-20(27)23-17(3)18-10-6-5-7-11-18/h5-12,14,17H,4,13,15H2,1-3H3,(H,23,27)/t17-/m1/s1. The first-order valence-electron chi connectivity index (χ1n) is 9.55. The zero-order valence-electron chi connectivity index (χ0n) is 16.6. The van der Waals surface area contributed by atoms with Crippen molar-refractivity contribution in [2.45, 2.75) is 44.9 Å². The topological polar surface area (TPSA) is 59.8 Å². The lowest BCUT2D eigenvalue weighted by atomic mass is 10.1. The fraction of sp³-hybridized carbons (Fsp3) is 0.318. The average molecular weight is 395 g/mol. The summed E-state index contributed by atoms with van der Waals surface area (Å²) in [5.41, 5.74) is 3.33. The van der Waals surface area contributed by atoms with Gasteiger partial charge in [0.15, 0.2) is 11.0 Å². The normalized spacial score (nSPS) is 12.0. The first-order chi connectivity index (χ1) is 13.6. The molecule has 0 saturated heterocycles. The lowest BCUT2D eigenvalue weighted by molar-refractivity contribution is -0.119. The summed E-state index contributed by atoms with van der Waals surface area (Å²) in [6.07, 6.45) is 0.974. The Kier molecular flexibility index (Phi) is 6.87. The van der Waals surface area contributed by atoms with E-state index in [1.165, 1.54) is 17.3 Å². The predicted octanol–water partition coefficient (Wildman–Crippen LogP) is 4.63. The Morgan fingerprint density at radius 1 is 1.14 bits per heavy atom. The minimum atomic E-state index is -0.0225. The van der Waals surface area contributed by atoms with Gasteiger partial charge in [-0.3, -0.25) is 4.79 Å². The van der Waals surface area contributed by atoms with E-state index in [9.17, 15) is 4.79 Å². The number of hydrogen-bond acceptors (Lipinski definition) is 4. The number of hydrogen-bond donors (Lipinski definition) is 1. The van der Waals surface area contributed by atoms with Gasteiger partial charge in [0, 0.05) is 12.1 Å². The van der Waals surface area contributed by atoms with Gasteiger partial charge in [0.05, 0.1) is 11.8 Å². The summed E-state index contributed by atoms with van der Waals surface area (Å²) in [4.78, 5) is 12.4. The molecule has 5 nitrogen and oxygen atoms in total. The van der Waals surface area contributed by atoms with Crippen molar-refractivity contribution in [2.24, 2.45) is 0 Å². The average Bonchev–Trinajstić information content (AvgIpc) is 3.10. The maximum atomic E-state index is 12.4. The van der Waals surface area contributed by atoms with Gasteiger partial charge in [-0.05, 0) is 31.9 Å². The van der Waals surface area contributed by atoms with Crippen LogP contribution in [-0.2, 0) is 11.3 Å². The monoisotopic (exact) mass is 394 g/mol. The van der Waals surface area contributed by atoms with Gasteiger partial charge in [-0.15, -0.1) is 10.2 Å². The van der Waals surface area contributed by atoms with Gasteiger partial charge in [0.1, 0.15) is 0 Å². The summed E-state index contributed by atoms with van der Waals surface area (Å²) in [5, 5.41) is 12.6. The van der Waals surface area contributed by atoms with E-state index in [0.29, 0.717) is 5.75 Å². The first-order valence-corrected chi connectivity index (χ1v) is 10.5. The van der Waals surface area contributed by atoms with E-state index < -0.39 is 0 Å². The molecule has 6 heteroatoms. The molecule has 1 amide bonds. The number of aromatic nitrogens is 3. The van der Waals surface area contributed by atoms with Crippen LogP contribution in [0.4, 0.5) is 0 Å². The van der Waals surface area contributed by atoms with E-state index in [4.69, 9.17) is 0 Å². The molecule has 1 atom stereocenters. The van der Waals surface area contributed by atoms with Crippen LogP contribution in [-0.4, -0.2) is 26.4 Å². The van der Waals surface area contributed by atoms with Crippen molar-refractivity contribution < 1.29 is 4.79 Å². The number of rotatable bonds is 8. The summed E-state index contributed by atoms with van der Waals surface area (Å²) in [6.45, 7) is 7.01. The van der Waals surface area contributed by atoms with Gasteiger partial charge in [0.25, 0.3) is 0 Å². The number of benzene rings is 2. The number of aryl methyl sites for hydroxylation is 1. The fourth-order valence-corrected chi connectivity index (χ4v) is 3.83. The molecule has 1 N–H and O–H groups in total. The highest BCUT2D eigenvalue weighted by Crippen LogP contribution is 2.25. The second-order valence-electron chi connectivity index (χ2n) is 6.82. The fourth-order valence-electron chi connectivity index (χ4n) is 3.06. The summed E-state index contributed by atoms with van der Waals surface area (Å²) in [6, 6.07) is 18.2. The molecule has 0 spiro atoms. The number of nitrogens with one attached hydrogen (secondary N) is 1. The number of thioether (sulfide) groups is 1. The summed E-state index contributed by atoms with van der Waals surface area (Å²) >= 11 is 1.43. The molecule has 1 heterocycles. The number of carbonyl (C=O) groups excluding carboxylic acids is 1. The van der Waals surface area contributed by atoms with Crippen LogP contribution < -0.4 is 5.32 Å². The molecule has 0 aliphatic rings. The van der Waals surface area contributed by atoms with E-state index in [0.717, 1.165) is 35.1 Å². The zero-order chi connectivity index (χ0) is 19.9. The van der Waals surface area contributed by atoms with Gasteiger partial charge in [-0.1, -0.05) is 72.8 Å². The van der Waals surface area contributed by atoms with Gasteiger partial charge in [-0.2, -0.15) is 0 Å². The molecule has 146 valence electrons. The minimum Gasteiger partial charge on any atom is -0.349 e. The van der Waals surface area contributed by atoms with Gasteiger partial charge in [-0.25, -0.2) is 0 Å². The van der Waals surface area contributed by atoms with E-state index in [2.05, 4.69) is 46.1 Å². The van der Waals surface area contributed by atoms with Gasteiger partial charge < -0.3 is 9.88 Å². The molecule has 3 aromatic rings. The Bertz CT molecular complexity index is 923. The molecule has 0 aliphatic heterocycles. The van der Waals surface area contributed by atoms with Crippen LogP contribution in [0.15, 0.2) is 59.8 Å². The van der Waals surface area contributed by atoms with Crippen molar-refractivity contribution in [3.05, 3.63) is 65.7 Å². The Labute approximate surface area is 170 Å². The Morgan fingerprint density at radius 2 is 1.93 bits per heavy atom. The summed E-state index contributed by atoms with van der Waals surface area (Å²) in [5.74, 6) is 1.16. The summed E-state index contributed by atoms with van der Waals surface area (Å²) < 4.78 is 2.10. The predicted molar refractivity (Wildman–Crippen MR) is 114 cm³/mol. The second-order valence-corrected chi connectivity index (χ2v) is 7.76. The van der Waals surface area contributed by atoms with Crippen molar-refractivity contribution in [1.82, 2.24) is 20.1 Å². The highest BCUT2D eigenvalue weighted by molar-refractivity contribution is 7.99. The molecule has 0 unspecified atom stereocenters. The van der Waals surface area contributed by atoms with Crippen LogP contribution in [0, 0.1) is 6.92 Å². The van der Waals surface area contributed by atoms with Crippen molar-refractivity contribution in [3.8, 4) is 11.4 Å². The van der Waals surface area contributed by atoms with E-state index in [1.54, 1.807) is 0 Å². The Morgan fingerprint density at radius 3 is 2.64 bits per heavy atom. The quantitative estimate of drug-likeness (QED) is 0.566. The highest BCUT2D eigenvalue weighted by atomic mass is 32.2. The summed E-state index contributed by atoms with van der Waals surface area (Å²) in [7, 11) is 0. The maximum absolute atomic E-state index is 12.4. The van der Waals surface area contributed by atoms with E-state index in [1.807, 2.05) is 49.4 Å². The third-order valence-corrected chi connectivity index (χ3v) is 5.42. The van der Waals surface area contributed by atoms with Crippen LogP contribution in [0.25, 0.3) is 11.4 Å². The van der Waals surface area contributed by atoms with Crippen LogP contribution in [0.1, 0.15) is 37.4 Å². The molecule has 0 bridgehead atoms. The lowest BCUT2D eigenvalue weighted by Gasteiger charge is -2.14. The smallest absolute Gasteiger partial charge is 0.230 e. The molecular formula is C22H26N4OS. The second kappa shape index (κ2) is 9.55. The molecular weight excluding hydrogens is 368 g/mol. The number of amides is 1. The third kappa shape index (κ3) is 5.01. The third-order valence-electron chi connectivity index (χ3n) is 4.45. The van der Waals surface area contributed by atoms with Gasteiger partial charge >= 0.3 is 0 Å². The van der Waals surface area contributed by atoms with E-state index in [-0.39, 0.29) is 11.9 Å². The van der Waals surface area contributed by atoms with Crippen LogP contribution in [0.5, 0.6) is 0 Å². The Balaban J connectivity index is 1.68. The highest BCUT2D eigenvalue weighted by Gasteiger charge is 2.16. The molecule has 1 aromatic heterocycles. The van der Waals surface area contributed by atoms with Crippen LogP contribution in [0.3, 0.4) is 0 Å². The SMILES string of the molecule is CCCn1c(SCC(=O)N[C@H](C)c2ccccc2)nnc1-c1cccc(C)c1. The van der Waals surface area contributed by atoms with Crippen molar-refractivity contribution in [3.63, 3.8) is 0 Å². The molecule has 2 aromatic carbocycles. The molecule has 0 aliphatic carbocycles. The van der Waals surface area contributed by atoms with Crippen LogP contribution >= 0.6 is 11.8 Å². The molecule has 0 fully saturated rings. The van der Waals surface area contributed by atoms with Crippen molar-refractivity contribution in [2.75, 3.05) is 5.75 Å². The maximum Gasteiger partial charge on any atom is 0.230 e. The molecule has 0 radical (unpaired) electrons. The van der Waals surface area contributed by atoms with Crippen molar-refractivity contribution in [1.29, 1.82) is 0 Å². The molecule has 0 saturated carbocycles. The largest absolute Gasteiger partial charge is 0.349 e. The van der Waals surface area contributed by atoms with Gasteiger partial charge in [0.2, 0.25) is 5.91 Å². The Hall–Kier alpha value is -2.60. The number of nitrogens with zero attached hydrogens (tertiary/aromatic N) is 3. The van der Waals surface area contributed by atoms with Crippen molar-refractivity contribution >= 4 is 17.7 Å². The first kappa shape index (κ1) is 20.1. The zero-order valence-corrected chi connectivity index (χ0v) is 17.4. The number of carbonyl (C=O) groups is 1. The van der Waals surface area contributed by atoms with Crippen LogP contribution in [0.2, 0.25) is 0 Å².